The average Bonchev–Trinajstić information content (AvgIpc) is 3.31. The van der Waals surface area contributed by atoms with Crippen molar-refractivity contribution in [3.8, 4) is 11.1 Å². The van der Waals surface area contributed by atoms with E-state index in [1.54, 1.807) is 17.5 Å². The largest absolute Gasteiger partial charge is 0.393 e. The lowest BCUT2D eigenvalue weighted by Crippen LogP contribution is -2.44. The number of aliphatic hydroxyl groups excluding tert-OH is 1. The molecule has 2 aliphatic rings. The second-order valence-corrected chi connectivity index (χ2v) is 11.8. The van der Waals surface area contributed by atoms with Crippen molar-refractivity contribution in [1.82, 2.24) is 24.8 Å². The van der Waals surface area contributed by atoms with Crippen molar-refractivity contribution in [2.75, 3.05) is 23.7 Å². The summed E-state index contributed by atoms with van der Waals surface area (Å²) in [5, 5.41) is 17.3. The number of anilines is 3. The number of pyridine rings is 1. The topological polar surface area (TPSA) is 108 Å². The quantitative estimate of drug-likeness (QED) is 0.288. The molecule has 2 fully saturated rings. The van der Waals surface area contributed by atoms with E-state index in [-0.39, 0.29) is 18.3 Å². The lowest BCUT2D eigenvalue weighted by Gasteiger charge is -2.35. The van der Waals surface area contributed by atoms with Crippen LogP contribution in [0, 0.1) is 0 Å². The maximum atomic E-state index is 9.75. The number of hydrogen-bond acceptors (Lipinski definition) is 10. The van der Waals surface area contributed by atoms with Crippen LogP contribution in [0.5, 0.6) is 0 Å². The van der Waals surface area contributed by atoms with Crippen LogP contribution in [0.4, 0.5) is 16.9 Å². The Hall–Kier alpha value is -3.18. The Morgan fingerprint density at radius 2 is 1.82 bits per heavy atom. The zero-order chi connectivity index (χ0) is 26.8. The standard InChI is InChI=1S/C29H35N7O2S/c1-18-15-36(16-19(2)38-18)17-20-11-22(14-30-13-20)21-3-8-25-26(12-21)39-29(33-25)35-27-9-10-31-28(34-27)32-23-4-6-24(37)7-5-23/h3,8-14,18-19,23-24,37H,4-7,15-17H2,1-2H3,(H2,31,32,33,34,35)/t18-,19?,23?,24?/m1/s1. The lowest BCUT2D eigenvalue weighted by molar-refractivity contribution is -0.0705. The Balaban J connectivity index is 1.14. The summed E-state index contributed by atoms with van der Waals surface area (Å²) in [4.78, 5) is 20.8. The van der Waals surface area contributed by atoms with E-state index in [9.17, 15) is 5.11 Å². The molecule has 0 radical (unpaired) electrons. The summed E-state index contributed by atoms with van der Waals surface area (Å²) in [7, 11) is 0. The highest BCUT2D eigenvalue weighted by molar-refractivity contribution is 7.22. The molecule has 9 nitrogen and oxygen atoms in total. The first-order valence-corrected chi connectivity index (χ1v) is 14.6. The molecule has 4 heterocycles. The third kappa shape index (κ3) is 6.52. The maximum Gasteiger partial charge on any atom is 0.224 e. The van der Waals surface area contributed by atoms with Gasteiger partial charge in [-0.3, -0.25) is 9.88 Å². The Kier molecular flexibility index (Phi) is 7.69. The molecular formula is C29H35N7O2S. The number of rotatable bonds is 7. The second kappa shape index (κ2) is 11.5. The Morgan fingerprint density at radius 1 is 1.00 bits per heavy atom. The molecule has 10 heteroatoms. The molecule has 0 spiro atoms. The van der Waals surface area contributed by atoms with Crippen LogP contribution in [-0.2, 0) is 11.3 Å². The highest BCUT2D eigenvalue weighted by Gasteiger charge is 2.22. The highest BCUT2D eigenvalue weighted by atomic mass is 32.1. The molecule has 2 atom stereocenters. The summed E-state index contributed by atoms with van der Waals surface area (Å²) in [5.74, 6) is 1.30. The van der Waals surface area contributed by atoms with Crippen molar-refractivity contribution >= 4 is 38.5 Å². The fourth-order valence-electron chi connectivity index (χ4n) is 5.57. The predicted molar refractivity (Wildman–Crippen MR) is 155 cm³/mol. The zero-order valence-electron chi connectivity index (χ0n) is 22.4. The van der Waals surface area contributed by atoms with Crippen molar-refractivity contribution < 1.29 is 9.84 Å². The van der Waals surface area contributed by atoms with Gasteiger partial charge in [-0.15, -0.1) is 0 Å². The summed E-state index contributed by atoms with van der Waals surface area (Å²) < 4.78 is 6.98. The minimum absolute atomic E-state index is 0.181. The maximum absolute atomic E-state index is 9.75. The van der Waals surface area contributed by atoms with Gasteiger partial charge in [0.2, 0.25) is 5.95 Å². The van der Waals surface area contributed by atoms with E-state index < -0.39 is 0 Å². The third-order valence-corrected chi connectivity index (χ3v) is 8.27. The molecule has 4 aromatic rings. The van der Waals surface area contributed by atoms with E-state index in [1.165, 1.54) is 5.56 Å². The summed E-state index contributed by atoms with van der Waals surface area (Å²) in [5.41, 5.74) is 4.38. The van der Waals surface area contributed by atoms with Gasteiger partial charge in [0.15, 0.2) is 5.13 Å². The fraction of sp³-hybridized carbons (Fsp3) is 0.448. The SMILES string of the molecule is CC1CN(Cc2cncc(-c3ccc4nc(Nc5ccnc(NC6CCC(O)CC6)n5)sc4c3)c2)C[C@@H](C)O1. The van der Waals surface area contributed by atoms with E-state index in [1.807, 2.05) is 18.5 Å². The van der Waals surface area contributed by atoms with Gasteiger partial charge in [0.05, 0.1) is 28.5 Å². The summed E-state index contributed by atoms with van der Waals surface area (Å²) >= 11 is 1.60. The lowest BCUT2D eigenvalue weighted by atomic mass is 9.93. The number of thiazole rings is 1. The van der Waals surface area contributed by atoms with Crippen LogP contribution in [0.3, 0.4) is 0 Å². The molecule has 0 bridgehead atoms. The number of fused-ring (bicyclic) bond motifs is 1. The van der Waals surface area contributed by atoms with Crippen LogP contribution < -0.4 is 10.6 Å². The first kappa shape index (κ1) is 26.1. The van der Waals surface area contributed by atoms with Gasteiger partial charge in [0.1, 0.15) is 5.82 Å². The van der Waals surface area contributed by atoms with E-state index in [4.69, 9.17) is 9.72 Å². The first-order chi connectivity index (χ1) is 19.0. The average molecular weight is 546 g/mol. The molecule has 1 aromatic carbocycles. The minimum atomic E-state index is -0.181. The molecule has 1 aliphatic carbocycles. The number of ether oxygens (including phenoxy) is 1. The van der Waals surface area contributed by atoms with Crippen LogP contribution in [0.25, 0.3) is 21.3 Å². The molecule has 1 aliphatic heterocycles. The van der Waals surface area contributed by atoms with Crippen LogP contribution >= 0.6 is 11.3 Å². The van der Waals surface area contributed by atoms with Crippen molar-refractivity contribution in [1.29, 1.82) is 0 Å². The summed E-state index contributed by atoms with van der Waals surface area (Å²) in [6.45, 7) is 7.01. The molecule has 0 amide bonds. The van der Waals surface area contributed by atoms with Gasteiger partial charge < -0.3 is 20.5 Å². The fourth-order valence-corrected chi connectivity index (χ4v) is 6.48. The van der Waals surface area contributed by atoms with E-state index >= 15 is 0 Å². The Bertz CT molecular complexity index is 1410. The highest BCUT2D eigenvalue weighted by Crippen LogP contribution is 2.32. The van der Waals surface area contributed by atoms with Gasteiger partial charge in [0, 0.05) is 49.8 Å². The van der Waals surface area contributed by atoms with Crippen molar-refractivity contribution in [2.45, 2.75) is 70.4 Å². The molecule has 1 unspecified atom stereocenters. The number of aliphatic hydroxyl groups is 1. The monoisotopic (exact) mass is 545 g/mol. The molecule has 3 aromatic heterocycles. The van der Waals surface area contributed by atoms with E-state index in [0.29, 0.717) is 17.8 Å². The molecule has 3 N–H and O–H groups in total. The number of aromatic nitrogens is 4. The van der Waals surface area contributed by atoms with E-state index in [2.05, 4.69) is 68.6 Å². The van der Waals surface area contributed by atoms with Gasteiger partial charge in [-0.05, 0) is 74.9 Å². The Labute approximate surface area is 232 Å². The molecule has 1 saturated carbocycles. The van der Waals surface area contributed by atoms with Crippen LogP contribution in [0.2, 0.25) is 0 Å². The normalized spacial score (nSPS) is 24.1. The minimum Gasteiger partial charge on any atom is -0.393 e. The second-order valence-electron chi connectivity index (χ2n) is 10.8. The zero-order valence-corrected chi connectivity index (χ0v) is 23.2. The van der Waals surface area contributed by atoms with Crippen LogP contribution in [0.15, 0.2) is 48.9 Å². The summed E-state index contributed by atoms with van der Waals surface area (Å²) in [6, 6.07) is 10.7. The van der Waals surface area contributed by atoms with Gasteiger partial charge in [-0.2, -0.15) is 4.98 Å². The van der Waals surface area contributed by atoms with Crippen molar-refractivity contribution in [2.24, 2.45) is 0 Å². The molecule has 1 saturated heterocycles. The number of nitrogens with zero attached hydrogens (tertiary/aromatic N) is 5. The molecule has 204 valence electrons. The van der Waals surface area contributed by atoms with Gasteiger partial charge in [0.25, 0.3) is 0 Å². The van der Waals surface area contributed by atoms with Gasteiger partial charge in [-0.25, -0.2) is 9.97 Å². The number of benzene rings is 1. The van der Waals surface area contributed by atoms with Crippen LogP contribution in [-0.4, -0.2) is 67.4 Å². The summed E-state index contributed by atoms with van der Waals surface area (Å²) in [6.07, 6.45) is 9.43. The van der Waals surface area contributed by atoms with Crippen LogP contribution in [0.1, 0.15) is 45.1 Å². The van der Waals surface area contributed by atoms with Gasteiger partial charge >= 0.3 is 0 Å². The number of morpholine rings is 1. The number of nitrogens with one attached hydrogen (secondary N) is 2. The first-order valence-electron chi connectivity index (χ1n) is 13.7. The van der Waals surface area contributed by atoms with E-state index in [0.717, 1.165) is 71.8 Å². The van der Waals surface area contributed by atoms with Gasteiger partial charge in [-0.1, -0.05) is 17.4 Å². The molecule has 6 rings (SSSR count). The smallest absolute Gasteiger partial charge is 0.224 e. The third-order valence-electron chi connectivity index (χ3n) is 7.34. The molecular weight excluding hydrogens is 510 g/mol. The molecule has 39 heavy (non-hydrogen) atoms. The van der Waals surface area contributed by atoms with Crippen molar-refractivity contribution in [3.05, 3.63) is 54.5 Å². The number of hydrogen-bond donors (Lipinski definition) is 3. The van der Waals surface area contributed by atoms with Crippen molar-refractivity contribution in [3.63, 3.8) is 0 Å². The Morgan fingerprint density at radius 3 is 2.64 bits per heavy atom. The predicted octanol–water partition coefficient (Wildman–Crippen LogP) is 5.22.